The first kappa shape index (κ1) is 9.58. The van der Waals surface area contributed by atoms with Crippen molar-refractivity contribution in [1.29, 1.82) is 0 Å². The van der Waals surface area contributed by atoms with Crippen LogP contribution in [-0.4, -0.2) is 17.6 Å². The Morgan fingerprint density at radius 1 is 1.40 bits per heavy atom. The number of rotatable bonds is 2. The van der Waals surface area contributed by atoms with Gasteiger partial charge in [-0.1, -0.05) is 12.1 Å². The predicted octanol–water partition coefficient (Wildman–Crippen LogP) is 1.29. The summed E-state index contributed by atoms with van der Waals surface area (Å²) in [6.07, 6.45) is 0. The summed E-state index contributed by atoms with van der Waals surface area (Å²) in [5.74, 6) is 0.0613. The van der Waals surface area contributed by atoms with Crippen molar-refractivity contribution < 1.29 is 9.53 Å². The lowest BCUT2D eigenvalue weighted by Gasteiger charge is -2.01. The Hall–Kier alpha value is -1.97. The Morgan fingerprint density at radius 2 is 2.07 bits per heavy atom. The van der Waals surface area contributed by atoms with Crippen molar-refractivity contribution in [1.82, 2.24) is 4.57 Å². The highest BCUT2D eigenvalue weighted by molar-refractivity contribution is 6.03. The number of fused-ring (bicyclic) bond motifs is 1. The van der Waals surface area contributed by atoms with E-state index in [2.05, 4.69) is 0 Å². The second-order valence-corrected chi connectivity index (χ2v) is 3.32. The topological polar surface area (TPSA) is 57.2 Å². The fourth-order valence-electron chi connectivity index (χ4n) is 1.84. The van der Waals surface area contributed by atoms with E-state index in [4.69, 9.17) is 10.5 Å². The first-order valence-electron chi connectivity index (χ1n) is 4.58. The number of hydrogen-bond acceptors (Lipinski definition) is 2. The van der Waals surface area contributed by atoms with Gasteiger partial charge in [0.25, 0.3) is 5.91 Å². The molecule has 78 valence electrons. The molecule has 15 heavy (non-hydrogen) atoms. The van der Waals surface area contributed by atoms with Crippen molar-refractivity contribution in [3.63, 3.8) is 0 Å². The number of nitrogens with zero attached hydrogens (tertiary/aromatic N) is 1. The van der Waals surface area contributed by atoms with Gasteiger partial charge in [-0.15, -0.1) is 0 Å². The highest BCUT2D eigenvalue weighted by atomic mass is 16.5. The molecule has 0 aliphatic heterocycles. The minimum Gasteiger partial charge on any atom is -0.494 e. The normalized spacial score (nSPS) is 10.5. The Kier molecular flexibility index (Phi) is 2.11. The van der Waals surface area contributed by atoms with E-state index in [1.165, 1.54) is 7.11 Å². The third-order valence-electron chi connectivity index (χ3n) is 2.50. The van der Waals surface area contributed by atoms with E-state index in [1.54, 1.807) is 11.6 Å². The van der Waals surface area contributed by atoms with Crippen molar-refractivity contribution in [3.8, 4) is 5.75 Å². The number of ether oxygens (including phenoxy) is 1. The Bertz CT molecular complexity index is 529. The van der Waals surface area contributed by atoms with Crippen LogP contribution in [0.5, 0.6) is 5.75 Å². The van der Waals surface area contributed by atoms with Gasteiger partial charge in [0.15, 0.2) is 5.75 Å². The molecule has 0 aliphatic carbocycles. The van der Waals surface area contributed by atoms with Crippen LogP contribution in [-0.2, 0) is 7.05 Å². The molecule has 4 nitrogen and oxygen atoms in total. The number of carbonyl (C=O) groups excluding carboxylic acids is 1. The molecule has 2 rings (SSSR count). The number of hydrogen-bond donors (Lipinski definition) is 1. The van der Waals surface area contributed by atoms with Crippen molar-refractivity contribution in [3.05, 3.63) is 30.0 Å². The van der Waals surface area contributed by atoms with E-state index in [0.29, 0.717) is 11.4 Å². The molecule has 0 fully saturated rings. The van der Waals surface area contributed by atoms with Crippen molar-refractivity contribution in [2.24, 2.45) is 12.8 Å². The molecule has 0 bridgehead atoms. The molecule has 1 heterocycles. The monoisotopic (exact) mass is 204 g/mol. The number of carbonyl (C=O) groups is 1. The molecule has 2 aromatic rings. The zero-order valence-corrected chi connectivity index (χ0v) is 8.65. The molecule has 0 radical (unpaired) electrons. The van der Waals surface area contributed by atoms with E-state index < -0.39 is 5.91 Å². The summed E-state index contributed by atoms with van der Waals surface area (Å²) in [5.41, 5.74) is 6.65. The molecule has 2 N–H and O–H groups in total. The van der Waals surface area contributed by atoms with Gasteiger partial charge in [-0.3, -0.25) is 4.79 Å². The lowest BCUT2D eigenvalue weighted by Crippen LogP contribution is -2.16. The smallest absolute Gasteiger partial charge is 0.269 e. The van der Waals surface area contributed by atoms with Crippen LogP contribution in [0.3, 0.4) is 0 Å². The third-order valence-corrected chi connectivity index (χ3v) is 2.50. The van der Waals surface area contributed by atoms with Crippen LogP contribution in [0.4, 0.5) is 0 Å². The minimum atomic E-state index is -0.481. The minimum absolute atomic E-state index is 0.402. The first-order chi connectivity index (χ1) is 7.16. The molecular formula is C11H12N2O2. The van der Waals surface area contributed by atoms with Gasteiger partial charge in [-0.05, 0) is 12.1 Å². The van der Waals surface area contributed by atoms with Gasteiger partial charge in [0.2, 0.25) is 0 Å². The Balaban J connectivity index is 2.90. The molecule has 0 unspecified atom stereocenters. The predicted molar refractivity (Wildman–Crippen MR) is 58.0 cm³/mol. The Morgan fingerprint density at radius 3 is 2.67 bits per heavy atom. The van der Waals surface area contributed by atoms with Crippen molar-refractivity contribution in [2.45, 2.75) is 0 Å². The summed E-state index contributed by atoms with van der Waals surface area (Å²) in [5, 5.41) is 0.899. The van der Waals surface area contributed by atoms with Crippen LogP contribution in [0, 0.1) is 0 Å². The maximum atomic E-state index is 11.3. The molecule has 1 aromatic carbocycles. The molecule has 0 aliphatic rings. The second-order valence-electron chi connectivity index (χ2n) is 3.32. The molecule has 1 aromatic heterocycles. The number of methoxy groups -OCH3 is 1. The summed E-state index contributed by atoms with van der Waals surface area (Å²) in [6.45, 7) is 0. The Labute approximate surface area is 87.2 Å². The fourth-order valence-corrected chi connectivity index (χ4v) is 1.84. The number of primary amides is 1. The van der Waals surface area contributed by atoms with Crippen LogP contribution in [0.2, 0.25) is 0 Å². The summed E-state index contributed by atoms with van der Waals surface area (Å²) < 4.78 is 6.97. The van der Waals surface area contributed by atoms with Crippen molar-refractivity contribution in [2.75, 3.05) is 7.11 Å². The number of nitrogens with two attached hydrogens (primary N) is 1. The number of amides is 1. The summed E-state index contributed by atoms with van der Waals surface area (Å²) in [6, 6.07) is 7.63. The molecule has 0 spiro atoms. The average Bonchev–Trinajstić information content (AvgIpc) is 2.52. The molecule has 0 atom stereocenters. The molecule has 0 saturated carbocycles. The van der Waals surface area contributed by atoms with Gasteiger partial charge >= 0.3 is 0 Å². The van der Waals surface area contributed by atoms with Gasteiger partial charge in [0.1, 0.15) is 5.69 Å². The van der Waals surface area contributed by atoms with E-state index in [9.17, 15) is 4.79 Å². The molecule has 0 saturated heterocycles. The SMILES string of the molecule is COc1c(C(N)=O)n(C)c2ccccc12. The van der Waals surface area contributed by atoms with E-state index >= 15 is 0 Å². The summed E-state index contributed by atoms with van der Waals surface area (Å²) in [7, 11) is 3.33. The van der Waals surface area contributed by atoms with Gasteiger partial charge in [0.05, 0.1) is 12.6 Å². The zero-order chi connectivity index (χ0) is 11.0. The molecule has 4 heteroatoms. The zero-order valence-electron chi connectivity index (χ0n) is 8.65. The fraction of sp³-hybridized carbons (Fsp3) is 0.182. The van der Waals surface area contributed by atoms with Gasteiger partial charge in [0, 0.05) is 12.4 Å². The van der Waals surface area contributed by atoms with E-state index in [1.807, 2.05) is 24.3 Å². The quantitative estimate of drug-likeness (QED) is 0.801. The maximum Gasteiger partial charge on any atom is 0.269 e. The third kappa shape index (κ3) is 1.26. The largest absolute Gasteiger partial charge is 0.494 e. The van der Waals surface area contributed by atoms with E-state index in [0.717, 1.165) is 10.9 Å². The standard InChI is InChI=1S/C11H12N2O2/c1-13-8-6-4-3-5-7(8)10(15-2)9(13)11(12)14/h3-6H,1-2H3,(H2,12,14). The van der Waals surface area contributed by atoms with Crippen molar-refractivity contribution >= 4 is 16.8 Å². The number of aryl methyl sites for hydroxylation is 1. The lowest BCUT2D eigenvalue weighted by molar-refractivity contribution is 0.0990. The lowest BCUT2D eigenvalue weighted by atomic mass is 10.2. The van der Waals surface area contributed by atoms with Crippen LogP contribution in [0.15, 0.2) is 24.3 Å². The number of benzene rings is 1. The van der Waals surface area contributed by atoms with Crippen LogP contribution in [0.1, 0.15) is 10.5 Å². The van der Waals surface area contributed by atoms with Gasteiger partial charge < -0.3 is 15.0 Å². The maximum absolute atomic E-state index is 11.3. The van der Waals surface area contributed by atoms with Crippen LogP contribution >= 0.6 is 0 Å². The second kappa shape index (κ2) is 3.31. The highest BCUT2D eigenvalue weighted by Gasteiger charge is 2.18. The molecular weight excluding hydrogens is 192 g/mol. The summed E-state index contributed by atoms with van der Waals surface area (Å²) in [4.78, 5) is 11.3. The van der Waals surface area contributed by atoms with Crippen LogP contribution < -0.4 is 10.5 Å². The average molecular weight is 204 g/mol. The number of aromatic nitrogens is 1. The first-order valence-corrected chi connectivity index (χ1v) is 4.58. The van der Waals surface area contributed by atoms with E-state index in [-0.39, 0.29) is 0 Å². The van der Waals surface area contributed by atoms with Crippen LogP contribution in [0.25, 0.3) is 10.9 Å². The van der Waals surface area contributed by atoms with Gasteiger partial charge in [-0.2, -0.15) is 0 Å². The highest BCUT2D eigenvalue weighted by Crippen LogP contribution is 2.31. The molecule has 1 amide bonds. The summed E-state index contributed by atoms with van der Waals surface area (Å²) >= 11 is 0. The van der Waals surface area contributed by atoms with Gasteiger partial charge in [-0.25, -0.2) is 0 Å². The number of para-hydroxylation sites is 1.